The van der Waals surface area contributed by atoms with Crippen LogP contribution in [0.3, 0.4) is 0 Å². The number of ether oxygens (including phenoxy) is 1. The quantitative estimate of drug-likeness (QED) is 0.835. The molecule has 19 heavy (non-hydrogen) atoms. The summed E-state index contributed by atoms with van der Waals surface area (Å²) in [6.07, 6.45) is 0. The van der Waals surface area contributed by atoms with Crippen LogP contribution in [0.25, 0.3) is 0 Å². The van der Waals surface area contributed by atoms with Gasteiger partial charge in [-0.15, -0.1) is 0 Å². The fraction of sp³-hybridized carbons (Fsp3) is 0.562. The molecular formula is C16H25NO2. The van der Waals surface area contributed by atoms with Gasteiger partial charge in [-0.2, -0.15) is 0 Å². The van der Waals surface area contributed by atoms with Crippen LogP contribution in [0.15, 0.2) is 18.2 Å². The Kier molecular flexibility index (Phi) is 4.75. The van der Waals surface area contributed by atoms with E-state index in [0.717, 1.165) is 11.3 Å². The van der Waals surface area contributed by atoms with Crippen LogP contribution in [0.5, 0.6) is 5.75 Å². The molecule has 0 fully saturated rings. The molecule has 0 bridgehead atoms. The maximum Gasteiger partial charge on any atom is 0.151 e. The number of carbonyl (C=O) groups excluding carboxylic acids is 1. The first kappa shape index (κ1) is 15.7. The minimum atomic E-state index is -0.266. The van der Waals surface area contributed by atoms with Crippen molar-refractivity contribution in [2.75, 3.05) is 21.2 Å². The molecular weight excluding hydrogens is 238 g/mol. The van der Waals surface area contributed by atoms with Gasteiger partial charge in [-0.1, -0.05) is 26.8 Å². The van der Waals surface area contributed by atoms with Gasteiger partial charge in [0.2, 0.25) is 0 Å². The van der Waals surface area contributed by atoms with E-state index in [1.807, 2.05) is 25.1 Å². The highest BCUT2D eigenvalue weighted by molar-refractivity contribution is 5.83. The Bertz CT molecular complexity index is 458. The molecule has 0 radical (unpaired) electrons. The largest absolute Gasteiger partial charge is 0.496 e. The van der Waals surface area contributed by atoms with Crippen molar-refractivity contribution in [1.82, 2.24) is 4.90 Å². The summed E-state index contributed by atoms with van der Waals surface area (Å²) in [5.74, 6) is 0.885. The van der Waals surface area contributed by atoms with Crippen molar-refractivity contribution in [2.45, 2.75) is 39.2 Å². The fourth-order valence-corrected chi connectivity index (χ4v) is 2.28. The van der Waals surface area contributed by atoms with Gasteiger partial charge in [0.05, 0.1) is 13.2 Å². The third-order valence-corrected chi connectivity index (χ3v) is 3.29. The van der Waals surface area contributed by atoms with Gasteiger partial charge in [-0.05, 0) is 44.1 Å². The number of carbonyl (C=O) groups is 1. The molecule has 106 valence electrons. The van der Waals surface area contributed by atoms with Crippen LogP contribution in [0, 0.1) is 0 Å². The lowest BCUT2D eigenvalue weighted by Gasteiger charge is -2.27. The van der Waals surface area contributed by atoms with Crippen molar-refractivity contribution >= 4 is 5.78 Å². The summed E-state index contributed by atoms with van der Waals surface area (Å²) in [5.41, 5.74) is 2.19. The van der Waals surface area contributed by atoms with E-state index >= 15 is 0 Å². The Hall–Kier alpha value is -1.35. The van der Waals surface area contributed by atoms with Gasteiger partial charge in [0.1, 0.15) is 5.75 Å². The maximum absolute atomic E-state index is 11.9. The topological polar surface area (TPSA) is 29.5 Å². The molecule has 0 N–H and O–H groups in total. The molecule has 0 saturated heterocycles. The molecule has 3 nitrogen and oxygen atoms in total. The van der Waals surface area contributed by atoms with E-state index in [4.69, 9.17) is 4.74 Å². The van der Waals surface area contributed by atoms with Gasteiger partial charge in [0.15, 0.2) is 5.78 Å². The molecule has 0 aliphatic rings. The number of Topliss-reactive ketones (excluding diaryl/α,β-unsaturated/α-hetero) is 1. The first-order chi connectivity index (χ1) is 8.68. The summed E-state index contributed by atoms with van der Waals surface area (Å²) in [4.78, 5) is 13.8. The highest BCUT2D eigenvalue weighted by Crippen LogP contribution is 2.33. The summed E-state index contributed by atoms with van der Waals surface area (Å²) in [6.45, 7) is 8.11. The second kappa shape index (κ2) is 5.74. The first-order valence-corrected chi connectivity index (χ1v) is 6.53. The molecule has 1 aromatic rings. The number of benzene rings is 1. The Morgan fingerprint density at radius 3 is 2.21 bits per heavy atom. The van der Waals surface area contributed by atoms with Gasteiger partial charge in [-0.3, -0.25) is 9.69 Å². The van der Waals surface area contributed by atoms with Crippen molar-refractivity contribution in [1.29, 1.82) is 0 Å². The van der Waals surface area contributed by atoms with E-state index in [0.29, 0.717) is 0 Å². The fourth-order valence-electron chi connectivity index (χ4n) is 2.28. The maximum atomic E-state index is 11.9. The van der Waals surface area contributed by atoms with E-state index in [9.17, 15) is 4.79 Å². The SMILES string of the molecule is COc1ccc(C(C)(C)C)cc1C(C(C)=O)N(C)C. The minimum Gasteiger partial charge on any atom is -0.496 e. The Labute approximate surface area is 116 Å². The lowest BCUT2D eigenvalue weighted by Crippen LogP contribution is -2.27. The lowest BCUT2D eigenvalue weighted by atomic mass is 9.84. The average Bonchev–Trinajstić information content (AvgIpc) is 2.26. The molecule has 0 saturated carbocycles. The van der Waals surface area contributed by atoms with E-state index in [-0.39, 0.29) is 17.2 Å². The number of nitrogens with zero attached hydrogens (tertiary/aromatic N) is 1. The summed E-state index contributed by atoms with van der Waals surface area (Å²) in [7, 11) is 5.47. The van der Waals surface area contributed by atoms with Crippen molar-refractivity contribution in [2.24, 2.45) is 0 Å². The molecule has 0 aliphatic heterocycles. The molecule has 1 atom stereocenters. The van der Waals surface area contributed by atoms with Crippen LogP contribution >= 0.6 is 0 Å². The second-order valence-electron chi connectivity index (χ2n) is 6.18. The predicted molar refractivity (Wildman–Crippen MR) is 78.8 cm³/mol. The first-order valence-electron chi connectivity index (χ1n) is 6.53. The van der Waals surface area contributed by atoms with Gasteiger partial charge in [0, 0.05) is 5.56 Å². The minimum absolute atomic E-state index is 0.0503. The smallest absolute Gasteiger partial charge is 0.151 e. The van der Waals surface area contributed by atoms with Crippen LogP contribution < -0.4 is 4.74 Å². The van der Waals surface area contributed by atoms with E-state index in [1.54, 1.807) is 14.0 Å². The zero-order chi connectivity index (χ0) is 14.8. The molecule has 1 rings (SSSR count). The van der Waals surface area contributed by atoms with Crippen LogP contribution in [0.2, 0.25) is 0 Å². The number of rotatable bonds is 4. The monoisotopic (exact) mass is 263 g/mol. The number of methoxy groups -OCH3 is 1. The molecule has 0 spiro atoms. The molecule has 0 aliphatic carbocycles. The van der Waals surface area contributed by atoms with Crippen molar-refractivity contribution < 1.29 is 9.53 Å². The normalized spacial score (nSPS) is 13.5. The zero-order valence-electron chi connectivity index (χ0n) is 13.1. The highest BCUT2D eigenvalue weighted by Gasteiger charge is 2.25. The van der Waals surface area contributed by atoms with Gasteiger partial charge in [-0.25, -0.2) is 0 Å². The third-order valence-electron chi connectivity index (χ3n) is 3.29. The molecule has 0 aromatic heterocycles. The number of hydrogen-bond acceptors (Lipinski definition) is 3. The lowest BCUT2D eigenvalue weighted by molar-refractivity contribution is -0.121. The van der Waals surface area contributed by atoms with Crippen molar-refractivity contribution in [3.63, 3.8) is 0 Å². The summed E-state index contributed by atoms with van der Waals surface area (Å²) >= 11 is 0. The number of likely N-dealkylation sites (N-methyl/N-ethyl adjacent to an activating group) is 1. The van der Waals surface area contributed by atoms with E-state index < -0.39 is 0 Å². The standard InChI is InChI=1S/C16H25NO2/c1-11(18)15(17(5)6)13-10-12(16(2,3)4)8-9-14(13)19-7/h8-10,15H,1-7H3. The van der Waals surface area contributed by atoms with Gasteiger partial charge in [0.25, 0.3) is 0 Å². The number of ketones is 1. The van der Waals surface area contributed by atoms with Crippen LogP contribution in [0.4, 0.5) is 0 Å². The summed E-state index contributed by atoms with van der Waals surface area (Å²) in [6, 6.07) is 5.84. The average molecular weight is 263 g/mol. The molecule has 1 aromatic carbocycles. The Morgan fingerprint density at radius 1 is 1.26 bits per heavy atom. The number of hydrogen-bond donors (Lipinski definition) is 0. The zero-order valence-corrected chi connectivity index (χ0v) is 13.1. The van der Waals surface area contributed by atoms with Crippen LogP contribution in [0.1, 0.15) is 44.9 Å². The third kappa shape index (κ3) is 3.57. The predicted octanol–water partition coefficient (Wildman–Crippen LogP) is 3.18. The van der Waals surface area contributed by atoms with Crippen LogP contribution in [-0.4, -0.2) is 31.9 Å². The van der Waals surface area contributed by atoms with Crippen molar-refractivity contribution in [3.8, 4) is 5.75 Å². The van der Waals surface area contributed by atoms with Crippen molar-refractivity contribution in [3.05, 3.63) is 29.3 Å². The molecule has 0 amide bonds. The van der Waals surface area contributed by atoms with E-state index in [2.05, 4.69) is 32.9 Å². The molecule has 3 heteroatoms. The van der Waals surface area contributed by atoms with E-state index in [1.165, 1.54) is 5.56 Å². The summed E-state index contributed by atoms with van der Waals surface area (Å²) < 4.78 is 5.42. The van der Waals surface area contributed by atoms with Gasteiger partial charge < -0.3 is 4.74 Å². The molecule has 1 unspecified atom stereocenters. The molecule has 0 heterocycles. The Balaban J connectivity index is 3.41. The Morgan fingerprint density at radius 2 is 1.84 bits per heavy atom. The second-order valence-corrected chi connectivity index (χ2v) is 6.18. The summed E-state index contributed by atoms with van der Waals surface area (Å²) in [5, 5.41) is 0. The highest BCUT2D eigenvalue weighted by atomic mass is 16.5. The van der Waals surface area contributed by atoms with Gasteiger partial charge >= 0.3 is 0 Å². The van der Waals surface area contributed by atoms with Crippen LogP contribution in [-0.2, 0) is 10.2 Å².